The van der Waals surface area contributed by atoms with Crippen LogP contribution in [0.1, 0.15) is 0 Å². The van der Waals surface area contributed by atoms with Crippen LogP contribution >= 0.6 is 11.8 Å². The summed E-state index contributed by atoms with van der Waals surface area (Å²) < 4.78 is 28.4. The van der Waals surface area contributed by atoms with Crippen molar-refractivity contribution >= 4 is 27.8 Å². The Hall–Kier alpha value is -0.270. The third-order valence-electron chi connectivity index (χ3n) is 0.719. The van der Waals surface area contributed by atoms with Crippen LogP contribution in [0.25, 0.3) is 0 Å². The zero-order valence-electron chi connectivity index (χ0n) is 5.61. The molecule has 0 aromatic carbocycles. The highest BCUT2D eigenvalue weighted by atomic mass is 32.2. The Bertz CT molecular complexity index is 222. The highest BCUT2D eigenvalue weighted by molar-refractivity contribution is 8.00. The SMILES string of the molecule is [NH]C(=O)CSCCS(=O)(=O)O. The molecule has 0 aromatic rings. The zero-order valence-corrected chi connectivity index (χ0v) is 7.24. The Morgan fingerprint density at radius 3 is 2.45 bits per heavy atom. The standard InChI is InChI=1S/C4H8NO4S2/c5-4(6)3-10-1-2-11(7,8)9/h5H,1-3H2,(H,7,8,9). The first-order valence-corrected chi connectivity index (χ1v) is 5.45. The average molecular weight is 198 g/mol. The van der Waals surface area contributed by atoms with Crippen LogP contribution in [0.15, 0.2) is 0 Å². The predicted molar refractivity (Wildman–Crippen MR) is 41.8 cm³/mol. The van der Waals surface area contributed by atoms with Gasteiger partial charge in [-0.1, -0.05) is 0 Å². The number of rotatable bonds is 5. The van der Waals surface area contributed by atoms with E-state index in [9.17, 15) is 13.2 Å². The third kappa shape index (κ3) is 9.73. The van der Waals surface area contributed by atoms with Crippen LogP contribution in [0.3, 0.4) is 0 Å². The number of hydrogen-bond acceptors (Lipinski definition) is 4. The summed E-state index contributed by atoms with van der Waals surface area (Å²) in [6.45, 7) is 0. The minimum atomic E-state index is -3.92. The summed E-state index contributed by atoms with van der Waals surface area (Å²) in [5.41, 5.74) is 6.44. The van der Waals surface area contributed by atoms with Crippen molar-refractivity contribution in [2.24, 2.45) is 0 Å². The molecule has 0 atom stereocenters. The van der Waals surface area contributed by atoms with Crippen LogP contribution in [-0.4, -0.2) is 36.1 Å². The van der Waals surface area contributed by atoms with Gasteiger partial charge in [0.15, 0.2) is 0 Å². The number of carbonyl (C=O) groups is 1. The lowest BCUT2D eigenvalue weighted by atomic mass is 10.8. The van der Waals surface area contributed by atoms with E-state index >= 15 is 0 Å². The Labute approximate surface area is 69.1 Å². The van der Waals surface area contributed by atoms with Gasteiger partial charge in [0.2, 0.25) is 5.91 Å². The summed E-state index contributed by atoms with van der Waals surface area (Å²) in [4.78, 5) is 10.0. The number of amides is 1. The summed E-state index contributed by atoms with van der Waals surface area (Å²) in [5.74, 6) is -1.01. The fourth-order valence-electron chi connectivity index (χ4n) is 0.329. The second-order valence-electron chi connectivity index (χ2n) is 1.76. The monoisotopic (exact) mass is 198 g/mol. The average Bonchev–Trinajstić information content (AvgIpc) is 1.78. The molecular formula is C4H8NO4S2. The molecule has 5 nitrogen and oxygen atoms in total. The second kappa shape index (κ2) is 4.58. The van der Waals surface area contributed by atoms with Gasteiger partial charge >= 0.3 is 0 Å². The van der Waals surface area contributed by atoms with Crippen molar-refractivity contribution in [3.05, 3.63) is 0 Å². The van der Waals surface area contributed by atoms with E-state index in [1.807, 2.05) is 0 Å². The molecule has 7 heteroatoms. The van der Waals surface area contributed by atoms with Gasteiger partial charge in [0.05, 0.1) is 11.5 Å². The summed E-state index contributed by atoms with van der Waals surface area (Å²) in [6.07, 6.45) is 0. The molecule has 0 rings (SSSR count). The second-order valence-corrected chi connectivity index (χ2v) is 4.44. The number of hydrogen-bond donors (Lipinski definition) is 1. The van der Waals surface area contributed by atoms with E-state index in [0.29, 0.717) is 0 Å². The molecule has 0 aliphatic rings. The fourth-order valence-corrected chi connectivity index (χ4v) is 1.97. The van der Waals surface area contributed by atoms with Crippen LogP contribution in [-0.2, 0) is 14.9 Å². The molecule has 0 saturated carbocycles. The molecule has 0 bridgehead atoms. The number of carbonyl (C=O) groups excluding carboxylic acids is 1. The van der Waals surface area contributed by atoms with Gasteiger partial charge < -0.3 is 0 Å². The van der Waals surface area contributed by atoms with E-state index < -0.39 is 16.0 Å². The summed E-state index contributed by atoms with van der Waals surface area (Å²) in [6, 6.07) is 0. The molecule has 0 fully saturated rings. The van der Waals surface area contributed by atoms with Gasteiger partial charge in [0.1, 0.15) is 0 Å². The van der Waals surface area contributed by atoms with Gasteiger partial charge in [-0.3, -0.25) is 15.1 Å². The Morgan fingerprint density at radius 1 is 1.55 bits per heavy atom. The van der Waals surface area contributed by atoms with Crippen molar-refractivity contribution in [1.82, 2.24) is 5.73 Å². The quantitative estimate of drug-likeness (QED) is 0.471. The first-order valence-electron chi connectivity index (χ1n) is 2.69. The highest BCUT2D eigenvalue weighted by Crippen LogP contribution is 1.99. The first-order chi connectivity index (χ1) is 4.92. The van der Waals surface area contributed by atoms with Crippen LogP contribution in [0, 0.1) is 0 Å². The zero-order chi connectivity index (χ0) is 8.91. The van der Waals surface area contributed by atoms with Gasteiger partial charge in [-0.2, -0.15) is 20.2 Å². The number of nitrogens with one attached hydrogen (secondary N) is 1. The summed E-state index contributed by atoms with van der Waals surface area (Å²) in [5, 5.41) is 0. The first kappa shape index (κ1) is 10.7. The van der Waals surface area contributed by atoms with Gasteiger partial charge in [0.25, 0.3) is 10.1 Å². The number of thioether (sulfide) groups is 1. The lowest BCUT2D eigenvalue weighted by molar-refractivity contribution is -0.116. The minimum absolute atomic E-state index is 0.0322. The molecule has 0 aromatic heterocycles. The van der Waals surface area contributed by atoms with Gasteiger partial charge in [-0.05, 0) is 0 Å². The van der Waals surface area contributed by atoms with Crippen molar-refractivity contribution in [2.75, 3.05) is 17.3 Å². The Morgan fingerprint density at radius 2 is 2.09 bits per heavy atom. The minimum Gasteiger partial charge on any atom is -0.286 e. The third-order valence-corrected chi connectivity index (χ3v) is 2.66. The molecule has 1 amide bonds. The van der Waals surface area contributed by atoms with Crippen LogP contribution in [0.5, 0.6) is 0 Å². The normalized spacial score (nSPS) is 11.4. The van der Waals surface area contributed by atoms with Crippen molar-refractivity contribution in [3.63, 3.8) is 0 Å². The molecule has 11 heavy (non-hydrogen) atoms. The maximum atomic E-state index is 10.1. The molecule has 0 heterocycles. The van der Waals surface area contributed by atoms with E-state index in [4.69, 9.17) is 10.3 Å². The molecule has 0 aliphatic carbocycles. The smallest absolute Gasteiger partial charge is 0.265 e. The van der Waals surface area contributed by atoms with Crippen molar-refractivity contribution < 1.29 is 17.8 Å². The van der Waals surface area contributed by atoms with Crippen molar-refractivity contribution in [2.45, 2.75) is 0 Å². The van der Waals surface area contributed by atoms with Gasteiger partial charge in [-0.15, -0.1) is 0 Å². The Balaban J connectivity index is 3.37. The van der Waals surface area contributed by atoms with Crippen molar-refractivity contribution in [1.29, 1.82) is 0 Å². The Kier molecular flexibility index (Phi) is 4.46. The van der Waals surface area contributed by atoms with Crippen molar-refractivity contribution in [3.8, 4) is 0 Å². The molecule has 0 unspecified atom stereocenters. The van der Waals surface area contributed by atoms with Crippen LogP contribution < -0.4 is 5.73 Å². The van der Waals surface area contributed by atoms with E-state index in [-0.39, 0.29) is 17.3 Å². The van der Waals surface area contributed by atoms with Gasteiger partial charge in [0, 0.05) is 5.75 Å². The molecule has 0 spiro atoms. The highest BCUT2D eigenvalue weighted by Gasteiger charge is 2.04. The molecule has 2 N–H and O–H groups in total. The predicted octanol–water partition coefficient (Wildman–Crippen LogP) is -0.583. The summed E-state index contributed by atoms with van der Waals surface area (Å²) >= 11 is 1.01. The lowest BCUT2D eigenvalue weighted by Crippen LogP contribution is -2.08. The molecular weight excluding hydrogens is 190 g/mol. The topological polar surface area (TPSA) is 95.2 Å². The van der Waals surface area contributed by atoms with Gasteiger partial charge in [-0.25, -0.2) is 0 Å². The van der Waals surface area contributed by atoms with E-state index in [2.05, 4.69) is 0 Å². The lowest BCUT2D eigenvalue weighted by Gasteiger charge is -1.94. The largest absolute Gasteiger partial charge is 0.286 e. The van der Waals surface area contributed by atoms with E-state index in [1.165, 1.54) is 0 Å². The molecule has 0 aliphatic heterocycles. The summed E-state index contributed by atoms with van der Waals surface area (Å²) in [7, 11) is -3.92. The fraction of sp³-hybridized carbons (Fsp3) is 0.750. The molecule has 65 valence electrons. The van der Waals surface area contributed by atoms with E-state index in [0.717, 1.165) is 11.8 Å². The molecule has 1 radical (unpaired) electrons. The van der Waals surface area contributed by atoms with E-state index in [1.54, 1.807) is 0 Å². The van der Waals surface area contributed by atoms with Crippen LogP contribution in [0.2, 0.25) is 0 Å². The maximum Gasteiger partial charge on any atom is 0.265 e. The van der Waals surface area contributed by atoms with Crippen LogP contribution in [0.4, 0.5) is 0 Å². The maximum absolute atomic E-state index is 10.1. The molecule has 0 saturated heterocycles.